The number of hydrogen-bond donors (Lipinski definition) is 1. The number of carbonyl (C=O) groups excluding carboxylic acids is 1. The van der Waals surface area contributed by atoms with Gasteiger partial charge in [-0.15, -0.1) is 0 Å². The molecule has 1 unspecified atom stereocenters. The molecule has 1 atom stereocenters. The van der Waals surface area contributed by atoms with Gasteiger partial charge in [-0.25, -0.2) is 13.2 Å². The lowest BCUT2D eigenvalue weighted by atomic mass is 10.2. The van der Waals surface area contributed by atoms with Crippen molar-refractivity contribution >= 4 is 33.5 Å². The molecule has 0 radical (unpaired) electrons. The third kappa shape index (κ3) is 6.34. The Morgan fingerprint density at radius 2 is 1.96 bits per heavy atom. The number of carbonyl (C=O) groups is 1. The second-order valence-electron chi connectivity index (χ2n) is 6.39. The van der Waals surface area contributed by atoms with E-state index in [-0.39, 0.29) is 23.6 Å². The summed E-state index contributed by atoms with van der Waals surface area (Å²) in [7, 11) is 0.791. The van der Waals surface area contributed by atoms with E-state index >= 15 is 0 Å². The fourth-order valence-corrected chi connectivity index (χ4v) is 4.50. The zero-order valence-electron chi connectivity index (χ0n) is 14.5. The second kappa shape index (κ2) is 8.69. The van der Waals surface area contributed by atoms with Gasteiger partial charge in [0.1, 0.15) is 0 Å². The smallest absolute Gasteiger partial charge is 0.319 e. The largest absolute Gasteiger partial charge is 0.321 e. The number of urea groups is 1. The van der Waals surface area contributed by atoms with E-state index in [0.29, 0.717) is 24.5 Å². The van der Waals surface area contributed by atoms with Gasteiger partial charge in [-0.3, -0.25) is 0 Å². The van der Waals surface area contributed by atoms with Gasteiger partial charge in [0.15, 0.2) is 9.84 Å². The van der Waals surface area contributed by atoms with Crippen LogP contribution in [-0.4, -0.2) is 69.0 Å². The van der Waals surface area contributed by atoms with Crippen LogP contribution in [0.3, 0.4) is 0 Å². The minimum atomic E-state index is -3.05. The second-order valence-corrected chi connectivity index (χ2v) is 9.05. The monoisotopic (exact) mass is 385 g/mol. The third-order valence-corrected chi connectivity index (χ3v) is 6.05. The Bertz CT molecular complexity index is 717. The molecule has 8 heteroatoms. The van der Waals surface area contributed by atoms with Crippen LogP contribution >= 0.6 is 11.6 Å². The third-order valence-electron chi connectivity index (χ3n) is 4.05. The van der Waals surface area contributed by atoms with E-state index in [4.69, 9.17) is 11.6 Å². The number of rotatable bonds is 6. The molecular formula is C17H24ClN3O3S. The van der Waals surface area contributed by atoms with Gasteiger partial charge in [0.25, 0.3) is 0 Å². The molecule has 138 valence electrons. The van der Waals surface area contributed by atoms with Crippen LogP contribution in [0.2, 0.25) is 5.02 Å². The summed E-state index contributed by atoms with van der Waals surface area (Å²) in [5, 5.41) is 3.39. The van der Waals surface area contributed by atoms with Gasteiger partial charge < -0.3 is 15.1 Å². The molecule has 1 N–H and O–H groups in total. The Balaban J connectivity index is 2.00. The van der Waals surface area contributed by atoms with Gasteiger partial charge in [-0.2, -0.15) is 0 Å². The van der Waals surface area contributed by atoms with Crippen LogP contribution in [0.5, 0.6) is 0 Å². The lowest BCUT2D eigenvalue weighted by Crippen LogP contribution is -2.48. The molecule has 1 saturated heterocycles. The van der Waals surface area contributed by atoms with E-state index in [2.05, 4.69) is 5.32 Å². The summed E-state index contributed by atoms with van der Waals surface area (Å²) in [6.45, 7) is 1.15. The fraction of sp³-hybridized carbons (Fsp3) is 0.471. The highest BCUT2D eigenvalue weighted by Gasteiger charge is 2.34. The molecule has 1 aliphatic rings. The maximum Gasteiger partial charge on any atom is 0.321 e. The first-order valence-electron chi connectivity index (χ1n) is 8.11. The first-order chi connectivity index (χ1) is 11.8. The molecule has 2 amide bonds. The molecule has 0 aromatic heterocycles. The van der Waals surface area contributed by atoms with Gasteiger partial charge in [0, 0.05) is 30.4 Å². The number of halogens is 1. The van der Waals surface area contributed by atoms with Crippen molar-refractivity contribution in [1.82, 2.24) is 15.1 Å². The highest BCUT2D eigenvalue weighted by Crippen LogP contribution is 2.18. The van der Waals surface area contributed by atoms with Crippen molar-refractivity contribution in [3.8, 4) is 0 Å². The zero-order valence-corrected chi connectivity index (χ0v) is 16.1. The van der Waals surface area contributed by atoms with Crippen molar-refractivity contribution in [3.05, 3.63) is 41.1 Å². The molecule has 0 aliphatic carbocycles. The molecule has 25 heavy (non-hydrogen) atoms. The molecular weight excluding hydrogens is 362 g/mol. The standard InChI is InChI=1S/C17H24ClN3O3S/c1-20(2)10-11-21(16-8-12-25(23,24)13-16)17(22)19-9-7-14-3-5-15(18)6-4-14/h3-7,9,16H,8,10-13H2,1-2H3,(H,19,22)/b9-7+. The zero-order chi connectivity index (χ0) is 18.4. The minimum absolute atomic E-state index is 0.0365. The Morgan fingerprint density at radius 3 is 2.52 bits per heavy atom. The number of likely N-dealkylation sites (N-methyl/N-ethyl adjacent to an activating group) is 1. The maximum atomic E-state index is 12.5. The summed E-state index contributed by atoms with van der Waals surface area (Å²) in [4.78, 5) is 16.1. The Kier molecular flexibility index (Phi) is 6.87. The molecule has 1 aromatic rings. The molecule has 0 saturated carbocycles. The normalized spacial score (nSPS) is 19.4. The highest BCUT2D eigenvalue weighted by molar-refractivity contribution is 7.91. The van der Waals surface area contributed by atoms with Crippen molar-refractivity contribution in [2.45, 2.75) is 12.5 Å². The number of amides is 2. The molecule has 2 rings (SSSR count). The van der Waals surface area contributed by atoms with E-state index in [1.165, 1.54) is 0 Å². The average molecular weight is 386 g/mol. The molecule has 1 aliphatic heterocycles. The summed E-state index contributed by atoms with van der Waals surface area (Å²) in [5.74, 6) is 0.179. The molecule has 1 fully saturated rings. The predicted octanol–water partition coefficient (Wildman–Crippen LogP) is 2.07. The van der Waals surface area contributed by atoms with Gasteiger partial charge in [0.05, 0.1) is 11.5 Å². The predicted molar refractivity (Wildman–Crippen MR) is 101 cm³/mol. The van der Waals surface area contributed by atoms with Crippen molar-refractivity contribution in [1.29, 1.82) is 0 Å². The quantitative estimate of drug-likeness (QED) is 0.813. The topological polar surface area (TPSA) is 69.7 Å². The Labute approximate surface area is 154 Å². The van der Waals surface area contributed by atoms with E-state index in [0.717, 1.165) is 5.56 Å². The molecule has 6 nitrogen and oxygen atoms in total. The van der Waals surface area contributed by atoms with Gasteiger partial charge in [0.2, 0.25) is 0 Å². The lowest BCUT2D eigenvalue weighted by molar-refractivity contribution is 0.176. The maximum absolute atomic E-state index is 12.5. The van der Waals surface area contributed by atoms with E-state index in [1.54, 1.807) is 29.3 Å². The van der Waals surface area contributed by atoms with Crippen molar-refractivity contribution in [2.75, 3.05) is 38.7 Å². The summed E-state index contributed by atoms with van der Waals surface area (Å²) >= 11 is 5.84. The minimum Gasteiger partial charge on any atom is -0.319 e. The average Bonchev–Trinajstić information content (AvgIpc) is 2.89. The van der Waals surface area contributed by atoms with E-state index in [9.17, 15) is 13.2 Å². The van der Waals surface area contributed by atoms with Gasteiger partial charge >= 0.3 is 6.03 Å². The van der Waals surface area contributed by atoms with Crippen LogP contribution in [0.1, 0.15) is 12.0 Å². The van der Waals surface area contributed by atoms with Crippen LogP contribution in [0, 0.1) is 0 Å². The molecule has 1 aromatic carbocycles. The fourth-order valence-electron chi connectivity index (χ4n) is 2.64. The summed E-state index contributed by atoms with van der Waals surface area (Å²) in [6, 6.07) is 6.69. The van der Waals surface area contributed by atoms with Crippen molar-refractivity contribution in [3.63, 3.8) is 0 Å². The van der Waals surface area contributed by atoms with Crippen LogP contribution in [0.15, 0.2) is 30.5 Å². The molecule has 0 bridgehead atoms. The molecule has 0 spiro atoms. The highest BCUT2D eigenvalue weighted by atomic mass is 35.5. The summed E-state index contributed by atoms with van der Waals surface area (Å²) in [5.41, 5.74) is 0.910. The number of sulfone groups is 1. The van der Waals surface area contributed by atoms with E-state index in [1.807, 2.05) is 31.1 Å². The Hall–Kier alpha value is -1.57. The van der Waals surface area contributed by atoms with Crippen molar-refractivity contribution in [2.24, 2.45) is 0 Å². The van der Waals surface area contributed by atoms with Crippen LogP contribution in [-0.2, 0) is 9.84 Å². The number of hydrogen-bond acceptors (Lipinski definition) is 4. The van der Waals surface area contributed by atoms with Crippen LogP contribution < -0.4 is 5.32 Å². The van der Waals surface area contributed by atoms with Crippen LogP contribution in [0.25, 0.3) is 6.08 Å². The van der Waals surface area contributed by atoms with Gasteiger partial charge in [-0.1, -0.05) is 23.7 Å². The van der Waals surface area contributed by atoms with E-state index < -0.39 is 9.84 Å². The van der Waals surface area contributed by atoms with Crippen LogP contribution in [0.4, 0.5) is 4.79 Å². The van der Waals surface area contributed by atoms with Gasteiger partial charge in [-0.05, 0) is 44.3 Å². The molecule has 1 heterocycles. The number of nitrogens with one attached hydrogen (secondary N) is 1. The SMILES string of the molecule is CN(C)CCN(C(=O)N/C=C/c1ccc(Cl)cc1)C1CCS(=O)(=O)C1. The number of benzene rings is 1. The van der Waals surface area contributed by atoms with Crippen molar-refractivity contribution < 1.29 is 13.2 Å². The summed E-state index contributed by atoms with van der Waals surface area (Å²) < 4.78 is 23.5. The first kappa shape index (κ1) is 19.8. The summed E-state index contributed by atoms with van der Waals surface area (Å²) in [6.07, 6.45) is 3.82. The lowest BCUT2D eigenvalue weighted by Gasteiger charge is -2.29. The first-order valence-corrected chi connectivity index (χ1v) is 10.3. The Morgan fingerprint density at radius 1 is 1.28 bits per heavy atom. The number of nitrogens with zero attached hydrogens (tertiary/aromatic N) is 2.